The number of hydrogen-bond acceptors (Lipinski definition) is 6. The van der Waals surface area contributed by atoms with E-state index >= 15 is 4.39 Å². The van der Waals surface area contributed by atoms with Gasteiger partial charge in [-0.2, -0.15) is 9.94 Å². The van der Waals surface area contributed by atoms with Gasteiger partial charge < -0.3 is 11.2 Å². The van der Waals surface area contributed by atoms with Crippen LogP contribution in [0.15, 0.2) is 15.7 Å². The first-order chi connectivity index (χ1) is 14.8. The number of nitrogens with zero attached hydrogens (tertiary/aromatic N) is 4. The molecule has 166 valence electrons. The Morgan fingerprint density at radius 2 is 2.10 bits per heavy atom. The maximum Gasteiger partial charge on any atom is 0.350 e. The quantitative estimate of drug-likeness (QED) is 0.676. The fraction of sp³-hybridized carbons (Fsp3) is 0.591. The largest absolute Gasteiger partial charge is 0.350 e. The number of hydrogen-bond donors (Lipinski definition) is 2. The van der Waals surface area contributed by atoms with E-state index in [4.69, 9.17) is 5.84 Å². The van der Waals surface area contributed by atoms with Crippen LogP contribution in [0, 0.1) is 30.0 Å². The lowest BCUT2D eigenvalue weighted by Gasteiger charge is -2.37. The molecule has 2 fully saturated rings. The molecule has 1 aliphatic carbocycles. The third kappa shape index (κ3) is 3.54. The van der Waals surface area contributed by atoms with E-state index in [2.05, 4.69) is 16.3 Å². The van der Waals surface area contributed by atoms with Gasteiger partial charge in [0.25, 0.3) is 5.56 Å². The summed E-state index contributed by atoms with van der Waals surface area (Å²) in [6, 6.07) is 3.05. The van der Waals surface area contributed by atoms with E-state index in [1.54, 1.807) is 11.5 Å². The van der Waals surface area contributed by atoms with Gasteiger partial charge in [0, 0.05) is 23.7 Å². The van der Waals surface area contributed by atoms with Crippen molar-refractivity contribution in [1.29, 1.82) is 5.26 Å². The predicted molar refractivity (Wildman–Crippen MR) is 117 cm³/mol. The van der Waals surface area contributed by atoms with Crippen LogP contribution in [-0.2, 0) is 0 Å². The van der Waals surface area contributed by atoms with Crippen LogP contribution < -0.4 is 22.4 Å². The van der Waals surface area contributed by atoms with Crippen molar-refractivity contribution in [3.63, 3.8) is 0 Å². The number of nitrogens with one attached hydrogen (secondary N) is 1. The molecule has 1 saturated carbocycles. The van der Waals surface area contributed by atoms with E-state index < -0.39 is 17.1 Å². The average Bonchev–Trinajstić information content (AvgIpc) is 3.43. The molecule has 31 heavy (non-hydrogen) atoms. The summed E-state index contributed by atoms with van der Waals surface area (Å²) in [7, 11) is 1.92. The Bertz CT molecular complexity index is 1170. The minimum absolute atomic E-state index is 0.0238. The molecule has 1 saturated heterocycles. The molecule has 0 bridgehead atoms. The number of fused-ring (bicyclic) bond motifs is 1. The molecular weight excluding hydrogens is 399 g/mol. The van der Waals surface area contributed by atoms with Crippen LogP contribution in [0.4, 0.5) is 4.39 Å². The topological polar surface area (TPSA) is 109 Å². The normalized spacial score (nSPS) is 20.8. The van der Waals surface area contributed by atoms with Crippen molar-refractivity contribution < 1.29 is 4.39 Å². The van der Waals surface area contributed by atoms with Gasteiger partial charge in [0.2, 0.25) is 0 Å². The maximum absolute atomic E-state index is 15.7. The standard InChI is InChI=1S/C22H29FN6O2/c1-12(6-8-24)27(3)20(14-7-9-26-11-14)18-13(2)19-16(10-17(18)23)21(30)29(25)22(31)28(19)15-4-5-15/h10,12,14-15,20,26H,4-7,9,11,25H2,1-3H3. The first kappa shape index (κ1) is 21.5. The molecule has 1 aromatic heterocycles. The fourth-order valence-electron chi connectivity index (χ4n) is 4.99. The Morgan fingerprint density at radius 3 is 2.68 bits per heavy atom. The maximum atomic E-state index is 15.7. The van der Waals surface area contributed by atoms with Crippen LogP contribution in [0.1, 0.15) is 55.8 Å². The molecule has 2 aliphatic rings. The van der Waals surface area contributed by atoms with Crippen LogP contribution in [0.2, 0.25) is 0 Å². The molecule has 2 heterocycles. The lowest BCUT2D eigenvalue weighted by atomic mass is 9.86. The zero-order chi connectivity index (χ0) is 22.4. The van der Waals surface area contributed by atoms with Crippen LogP contribution in [0.3, 0.4) is 0 Å². The minimum atomic E-state index is -0.685. The lowest BCUT2D eigenvalue weighted by molar-refractivity contribution is 0.136. The molecule has 9 heteroatoms. The SMILES string of the molecule is Cc1c(C(C2CCNC2)N(C)C(C)CC#N)c(F)cc2c(=O)n(N)c(=O)n(C3CC3)c12. The zero-order valence-electron chi connectivity index (χ0n) is 18.2. The molecule has 0 radical (unpaired) electrons. The summed E-state index contributed by atoms with van der Waals surface area (Å²) in [6.45, 7) is 5.34. The molecule has 1 aromatic carbocycles. The van der Waals surface area contributed by atoms with Crippen molar-refractivity contribution >= 4 is 10.9 Å². The van der Waals surface area contributed by atoms with Gasteiger partial charge in [0.05, 0.1) is 23.4 Å². The first-order valence-corrected chi connectivity index (χ1v) is 10.8. The van der Waals surface area contributed by atoms with Gasteiger partial charge in [-0.15, -0.1) is 0 Å². The number of rotatable bonds is 6. The van der Waals surface area contributed by atoms with Crippen LogP contribution in [-0.4, -0.2) is 40.3 Å². The van der Waals surface area contributed by atoms with Crippen molar-refractivity contribution in [2.75, 3.05) is 26.0 Å². The van der Waals surface area contributed by atoms with E-state index in [9.17, 15) is 14.9 Å². The summed E-state index contributed by atoms with van der Waals surface area (Å²) >= 11 is 0. The molecule has 1 aliphatic heterocycles. The Hall–Kier alpha value is -2.70. The Morgan fingerprint density at radius 1 is 1.39 bits per heavy atom. The summed E-state index contributed by atoms with van der Waals surface area (Å²) in [4.78, 5) is 27.6. The van der Waals surface area contributed by atoms with Crippen molar-refractivity contribution in [3.8, 4) is 6.07 Å². The van der Waals surface area contributed by atoms with Crippen molar-refractivity contribution in [2.45, 2.75) is 57.7 Å². The van der Waals surface area contributed by atoms with E-state index in [0.717, 1.165) is 32.4 Å². The minimum Gasteiger partial charge on any atom is -0.332 e. The van der Waals surface area contributed by atoms with Crippen molar-refractivity contribution in [2.24, 2.45) is 5.92 Å². The summed E-state index contributed by atoms with van der Waals surface area (Å²) in [6.07, 6.45) is 2.86. The van der Waals surface area contributed by atoms with Crippen LogP contribution in [0.5, 0.6) is 0 Å². The number of aromatic nitrogens is 2. The van der Waals surface area contributed by atoms with Gasteiger partial charge in [0.15, 0.2) is 0 Å². The highest BCUT2D eigenvalue weighted by molar-refractivity contribution is 5.83. The van der Waals surface area contributed by atoms with Gasteiger partial charge >= 0.3 is 5.69 Å². The first-order valence-electron chi connectivity index (χ1n) is 10.8. The molecule has 4 rings (SSSR count). The summed E-state index contributed by atoms with van der Waals surface area (Å²) < 4.78 is 17.8. The van der Waals surface area contributed by atoms with E-state index in [-0.39, 0.29) is 29.4 Å². The molecule has 0 amide bonds. The van der Waals surface area contributed by atoms with Crippen molar-refractivity contribution in [1.82, 2.24) is 19.5 Å². The average molecular weight is 429 g/mol. The number of aryl methyl sites for hydroxylation is 1. The number of benzene rings is 1. The Labute approximate surface area is 180 Å². The highest BCUT2D eigenvalue weighted by Gasteiger charge is 2.36. The highest BCUT2D eigenvalue weighted by Crippen LogP contribution is 2.41. The number of nitrogens with two attached hydrogens (primary N) is 1. The van der Waals surface area contributed by atoms with Gasteiger partial charge in [-0.05, 0) is 70.8 Å². The fourth-order valence-corrected chi connectivity index (χ4v) is 4.99. The van der Waals surface area contributed by atoms with Gasteiger partial charge in [0.1, 0.15) is 5.82 Å². The molecule has 8 nitrogen and oxygen atoms in total. The van der Waals surface area contributed by atoms with Crippen LogP contribution in [0.25, 0.3) is 10.9 Å². The molecule has 0 spiro atoms. The zero-order valence-corrected chi connectivity index (χ0v) is 18.2. The van der Waals surface area contributed by atoms with Crippen LogP contribution >= 0.6 is 0 Å². The molecular formula is C22H29FN6O2. The molecule has 2 aromatic rings. The monoisotopic (exact) mass is 428 g/mol. The van der Waals surface area contributed by atoms with Gasteiger partial charge in [-0.1, -0.05) is 0 Å². The Balaban J connectivity index is 2.00. The van der Waals surface area contributed by atoms with Gasteiger partial charge in [-0.25, -0.2) is 9.18 Å². The third-order valence-electron chi connectivity index (χ3n) is 6.92. The van der Waals surface area contributed by atoms with Gasteiger partial charge in [-0.3, -0.25) is 14.3 Å². The number of nitrogen functional groups attached to an aromatic ring is 1. The molecule has 3 N–H and O–H groups in total. The lowest BCUT2D eigenvalue weighted by Crippen LogP contribution is -2.45. The predicted octanol–water partition coefficient (Wildman–Crippen LogP) is 1.54. The number of halogens is 1. The van der Waals surface area contributed by atoms with E-state index in [0.29, 0.717) is 27.7 Å². The molecule has 3 unspecified atom stereocenters. The smallest absolute Gasteiger partial charge is 0.332 e. The Kier molecular flexibility index (Phi) is 5.62. The molecule has 3 atom stereocenters. The van der Waals surface area contributed by atoms with E-state index in [1.165, 1.54) is 6.07 Å². The van der Waals surface area contributed by atoms with Crippen molar-refractivity contribution in [3.05, 3.63) is 43.8 Å². The third-order valence-corrected chi connectivity index (χ3v) is 6.92. The second-order valence-corrected chi connectivity index (χ2v) is 8.93. The van der Waals surface area contributed by atoms with E-state index in [1.807, 2.05) is 14.0 Å². The highest BCUT2D eigenvalue weighted by atomic mass is 19.1. The second-order valence-electron chi connectivity index (χ2n) is 8.93. The summed E-state index contributed by atoms with van der Waals surface area (Å²) in [5.74, 6) is 5.40. The summed E-state index contributed by atoms with van der Waals surface area (Å²) in [5, 5.41) is 12.7. The second kappa shape index (κ2) is 8.09. The summed E-state index contributed by atoms with van der Waals surface area (Å²) in [5.41, 5.74) is 0.329. The number of nitriles is 1.